The lowest BCUT2D eigenvalue weighted by Crippen LogP contribution is -2.38. The maximum Gasteiger partial charge on any atom is 0.261 e. The van der Waals surface area contributed by atoms with Gasteiger partial charge >= 0.3 is 0 Å². The summed E-state index contributed by atoms with van der Waals surface area (Å²) < 4.78 is 6.82. The fraction of sp³-hybridized carbons (Fsp3) is 0.200. The van der Waals surface area contributed by atoms with Crippen LogP contribution >= 0.6 is 0 Å². The zero-order chi connectivity index (χ0) is 16.2. The normalized spacial score (nSPS) is 12.0. The summed E-state index contributed by atoms with van der Waals surface area (Å²) in [5.74, 6) is 0.0958. The number of rotatable bonds is 5. The second-order valence-electron chi connectivity index (χ2n) is 5.08. The first kappa shape index (κ1) is 14.8. The van der Waals surface area contributed by atoms with Crippen LogP contribution < -0.4 is 10.9 Å². The average Bonchev–Trinajstić information content (AvgIpc) is 3.19. The Morgan fingerprint density at radius 2 is 2.30 bits per heavy atom. The molecule has 0 aliphatic heterocycles. The lowest BCUT2D eigenvalue weighted by Gasteiger charge is -2.13. The number of hydrogen-bond donors (Lipinski definition) is 2. The molecule has 0 saturated carbocycles. The second-order valence-corrected chi connectivity index (χ2v) is 5.08. The molecule has 2 N–H and O–H groups in total. The number of H-pyrrole nitrogens is 1. The largest absolute Gasteiger partial charge is 0.463 e. The number of hydrogen-bond acceptors (Lipinski definition) is 5. The van der Waals surface area contributed by atoms with Crippen molar-refractivity contribution in [1.29, 1.82) is 0 Å². The highest BCUT2D eigenvalue weighted by Gasteiger charge is 2.15. The Hall–Kier alpha value is -3.16. The Kier molecular flexibility index (Phi) is 4.05. The molecule has 1 amide bonds. The molecule has 0 aliphatic rings. The van der Waals surface area contributed by atoms with E-state index in [9.17, 15) is 9.59 Å². The van der Waals surface area contributed by atoms with Gasteiger partial charge in [0, 0.05) is 6.04 Å². The summed E-state index contributed by atoms with van der Waals surface area (Å²) in [6.07, 6.45) is 4.50. The van der Waals surface area contributed by atoms with Crippen molar-refractivity contribution in [2.24, 2.45) is 0 Å². The third-order valence-electron chi connectivity index (χ3n) is 3.25. The highest BCUT2D eigenvalue weighted by molar-refractivity contribution is 5.94. The van der Waals surface area contributed by atoms with E-state index in [-0.39, 0.29) is 11.6 Å². The molecule has 3 rings (SSSR count). The molecule has 8 heteroatoms. The van der Waals surface area contributed by atoms with Crippen LogP contribution in [0.5, 0.6) is 0 Å². The van der Waals surface area contributed by atoms with E-state index in [1.165, 1.54) is 18.7 Å². The predicted molar refractivity (Wildman–Crippen MR) is 81.7 cm³/mol. The van der Waals surface area contributed by atoms with E-state index in [0.29, 0.717) is 18.0 Å². The summed E-state index contributed by atoms with van der Waals surface area (Å²) in [5, 5.41) is 6.73. The van der Waals surface area contributed by atoms with E-state index < -0.39 is 11.5 Å². The van der Waals surface area contributed by atoms with Gasteiger partial charge in [0.1, 0.15) is 24.0 Å². The molecule has 118 valence electrons. The number of aromatic amines is 1. The van der Waals surface area contributed by atoms with Gasteiger partial charge in [-0.25, -0.2) is 4.98 Å². The maximum atomic E-state index is 12.2. The van der Waals surface area contributed by atoms with Crippen molar-refractivity contribution in [3.63, 3.8) is 0 Å². The molecule has 0 saturated heterocycles. The molecule has 0 unspecified atom stereocenters. The Bertz CT molecular complexity index is 836. The minimum absolute atomic E-state index is 0.0470. The molecule has 8 nitrogen and oxygen atoms in total. The number of amides is 1. The van der Waals surface area contributed by atoms with Crippen molar-refractivity contribution in [2.75, 3.05) is 0 Å². The van der Waals surface area contributed by atoms with Crippen LogP contribution in [0.25, 0.3) is 11.5 Å². The van der Waals surface area contributed by atoms with Crippen LogP contribution in [0.15, 0.2) is 52.4 Å². The minimum Gasteiger partial charge on any atom is -0.463 e. The molecule has 0 spiro atoms. The molecule has 3 aromatic heterocycles. The van der Waals surface area contributed by atoms with Gasteiger partial charge < -0.3 is 14.7 Å². The van der Waals surface area contributed by atoms with E-state index in [1.807, 2.05) is 6.92 Å². The summed E-state index contributed by atoms with van der Waals surface area (Å²) in [6.45, 7) is 2.29. The van der Waals surface area contributed by atoms with Gasteiger partial charge in [-0.2, -0.15) is 5.10 Å². The topological polar surface area (TPSA) is 106 Å². The number of pyridine rings is 1. The lowest BCUT2D eigenvalue weighted by atomic mass is 10.2. The van der Waals surface area contributed by atoms with E-state index in [1.54, 1.807) is 29.2 Å². The maximum absolute atomic E-state index is 12.2. The van der Waals surface area contributed by atoms with Crippen LogP contribution in [0.4, 0.5) is 0 Å². The minimum atomic E-state index is -0.468. The van der Waals surface area contributed by atoms with Crippen molar-refractivity contribution in [3.8, 4) is 11.5 Å². The molecule has 1 atom stereocenters. The average molecular weight is 313 g/mol. The monoisotopic (exact) mass is 313 g/mol. The fourth-order valence-electron chi connectivity index (χ4n) is 2.18. The molecular weight excluding hydrogens is 298 g/mol. The quantitative estimate of drug-likeness (QED) is 0.732. The lowest BCUT2D eigenvalue weighted by molar-refractivity contribution is 0.0934. The van der Waals surface area contributed by atoms with Crippen molar-refractivity contribution >= 4 is 5.91 Å². The van der Waals surface area contributed by atoms with Crippen LogP contribution in [0.1, 0.15) is 17.3 Å². The van der Waals surface area contributed by atoms with Gasteiger partial charge in [-0.3, -0.25) is 14.3 Å². The Morgan fingerprint density at radius 3 is 2.96 bits per heavy atom. The Balaban J connectivity index is 1.71. The number of carbonyl (C=O) groups is 1. The summed E-state index contributed by atoms with van der Waals surface area (Å²) in [6, 6.07) is 6.37. The standard InChI is InChI=1S/C15H15N5O3/c1-10(7-20-9-16-8-17-20)18-14(21)11-4-5-12(19-15(11)22)13-3-2-6-23-13/h2-6,8-10H,7H2,1H3,(H,18,21)(H,19,22)/t10-/m0/s1. The van der Waals surface area contributed by atoms with Gasteiger partial charge in [-0.15, -0.1) is 0 Å². The highest BCUT2D eigenvalue weighted by Crippen LogP contribution is 2.15. The van der Waals surface area contributed by atoms with Gasteiger partial charge in [-0.05, 0) is 31.2 Å². The van der Waals surface area contributed by atoms with E-state index >= 15 is 0 Å². The van der Waals surface area contributed by atoms with Gasteiger partial charge in [0.2, 0.25) is 0 Å². The summed E-state index contributed by atoms with van der Waals surface area (Å²) in [4.78, 5) is 30.8. The van der Waals surface area contributed by atoms with Gasteiger partial charge in [0.05, 0.1) is 18.5 Å². The molecule has 0 bridgehead atoms. The van der Waals surface area contributed by atoms with E-state index in [2.05, 4.69) is 20.4 Å². The smallest absolute Gasteiger partial charge is 0.261 e. The number of furan rings is 1. The summed E-state index contributed by atoms with van der Waals surface area (Å²) in [5.41, 5.74) is 0.0994. The fourth-order valence-corrected chi connectivity index (χ4v) is 2.18. The van der Waals surface area contributed by atoms with E-state index in [0.717, 1.165) is 0 Å². The molecule has 23 heavy (non-hydrogen) atoms. The third-order valence-corrected chi connectivity index (χ3v) is 3.25. The summed E-state index contributed by atoms with van der Waals surface area (Å²) >= 11 is 0. The second kappa shape index (κ2) is 6.30. The number of nitrogens with one attached hydrogen (secondary N) is 2. The first-order valence-electron chi connectivity index (χ1n) is 7.04. The van der Waals surface area contributed by atoms with Crippen LogP contribution in [-0.2, 0) is 6.54 Å². The molecule has 0 aromatic carbocycles. The summed E-state index contributed by atoms with van der Waals surface area (Å²) in [7, 11) is 0. The highest BCUT2D eigenvalue weighted by atomic mass is 16.3. The first-order chi connectivity index (χ1) is 11.1. The van der Waals surface area contributed by atoms with Crippen molar-refractivity contribution < 1.29 is 9.21 Å². The van der Waals surface area contributed by atoms with Crippen LogP contribution in [-0.4, -0.2) is 31.7 Å². The molecular formula is C15H15N5O3. The molecule has 3 heterocycles. The van der Waals surface area contributed by atoms with E-state index in [4.69, 9.17) is 4.42 Å². The molecule has 0 aliphatic carbocycles. The molecule has 0 radical (unpaired) electrons. The van der Waals surface area contributed by atoms with Gasteiger partial charge in [-0.1, -0.05) is 0 Å². The zero-order valence-electron chi connectivity index (χ0n) is 12.4. The van der Waals surface area contributed by atoms with Gasteiger partial charge in [0.25, 0.3) is 11.5 Å². The van der Waals surface area contributed by atoms with Crippen molar-refractivity contribution in [3.05, 3.63) is 59.1 Å². The number of carbonyl (C=O) groups excluding carboxylic acids is 1. The number of aromatic nitrogens is 4. The van der Waals surface area contributed by atoms with Crippen LogP contribution in [0, 0.1) is 0 Å². The van der Waals surface area contributed by atoms with Crippen molar-refractivity contribution in [2.45, 2.75) is 19.5 Å². The SMILES string of the molecule is C[C@@H](Cn1cncn1)NC(=O)c1ccc(-c2ccco2)[nH]c1=O. The first-order valence-corrected chi connectivity index (χ1v) is 7.04. The van der Waals surface area contributed by atoms with Gasteiger partial charge in [0.15, 0.2) is 0 Å². The Morgan fingerprint density at radius 1 is 1.43 bits per heavy atom. The molecule has 0 fully saturated rings. The molecule has 3 aromatic rings. The number of nitrogens with zero attached hydrogens (tertiary/aromatic N) is 3. The zero-order valence-corrected chi connectivity index (χ0v) is 12.4. The predicted octanol–water partition coefficient (Wildman–Crippen LogP) is 1.04. The Labute approximate surface area is 131 Å². The van der Waals surface area contributed by atoms with Crippen LogP contribution in [0.2, 0.25) is 0 Å². The van der Waals surface area contributed by atoms with Crippen LogP contribution in [0.3, 0.4) is 0 Å². The van der Waals surface area contributed by atoms with Crippen molar-refractivity contribution in [1.82, 2.24) is 25.1 Å². The third kappa shape index (κ3) is 3.37.